The van der Waals surface area contributed by atoms with Gasteiger partial charge < -0.3 is 19.6 Å². The Morgan fingerprint density at radius 2 is 1.91 bits per heavy atom. The number of hydrogen-bond donors (Lipinski definition) is 1. The molecule has 1 aliphatic rings. The lowest BCUT2D eigenvalue weighted by Crippen LogP contribution is -2.47. The van der Waals surface area contributed by atoms with Gasteiger partial charge in [-0.25, -0.2) is 4.98 Å². The van der Waals surface area contributed by atoms with E-state index in [1.165, 1.54) is 11.3 Å². The summed E-state index contributed by atoms with van der Waals surface area (Å²) in [6.45, 7) is 7.19. The van der Waals surface area contributed by atoms with Gasteiger partial charge in [0.25, 0.3) is 5.91 Å². The topological polar surface area (TPSA) is 91.6 Å². The molecule has 33 heavy (non-hydrogen) atoms. The van der Waals surface area contributed by atoms with E-state index in [1.807, 2.05) is 43.0 Å². The summed E-state index contributed by atoms with van der Waals surface area (Å²) >= 11 is 1.36. The first-order valence-corrected chi connectivity index (χ1v) is 11.7. The fraction of sp³-hybridized carbons (Fsp3) is 0.333. The smallest absolute Gasteiger partial charge is 0.253 e. The molecule has 0 atom stereocenters. The zero-order valence-electron chi connectivity index (χ0n) is 18.8. The van der Waals surface area contributed by atoms with E-state index in [1.54, 1.807) is 6.07 Å². The predicted octanol–water partition coefficient (Wildman–Crippen LogP) is 3.62. The van der Waals surface area contributed by atoms with Crippen LogP contribution in [0, 0.1) is 13.8 Å². The molecule has 0 saturated carbocycles. The van der Waals surface area contributed by atoms with Gasteiger partial charge in [-0.3, -0.25) is 9.59 Å². The van der Waals surface area contributed by atoms with Crippen LogP contribution in [0.1, 0.15) is 27.2 Å². The third kappa shape index (κ3) is 4.34. The largest absolute Gasteiger partial charge is 0.356 e. The number of rotatable bonds is 4. The number of nitrogens with one attached hydrogen (secondary N) is 1. The van der Waals surface area contributed by atoms with Gasteiger partial charge in [0.15, 0.2) is 10.7 Å². The highest BCUT2D eigenvalue weighted by molar-refractivity contribution is 7.22. The van der Waals surface area contributed by atoms with Gasteiger partial charge in [-0.15, -0.1) is 0 Å². The van der Waals surface area contributed by atoms with E-state index in [0.29, 0.717) is 22.0 Å². The molecule has 2 amide bonds. The van der Waals surface area contributed by atoms with Gasteiger partial charge in [0.1, 0.15) is 5.69 Å². The minimum Gasteiger partial charge on any atom is -0.356 e. The normalized spacial score (nSPS) is 14.8. The first-order chi connectivity index (χ1) is 15.9. The van der Waals surface area contributed by atoms with Crippen molar-refractivity contribution in [3.8, 4) is 0 Å². The van der Waals surface area contributed by atoms with E-state index in [9.17, 15) is 9.59 Å². The maximum absolute atomic E-state index is 12.9. The zero-order valence-corrected chi connectivity index (χ0v) is 19.7. The quantitative estimate of drug-likeness (QED) is 0.497. The Morgan fingerprint density at radius 3 is 2.70 bits per heavy atom. The average molecular weight is 464 g/mol. The molecule has 9 heteroatoms. The lowest BCUT2D eigenvalue weighted by Gasteiger charge is -2.32. The number of amides is 2. The Kier molecular flexibility index (Phi) is 5.59. The summed E-state index contributed by atoms with van der Waals surface area (Å²) in [6, 6.07) is 9.52. The monoisotopic (exact) mass is 463 g/mol. The van der Waals surface area contributed by atoms with E-state index >= 15 is 0 Å². The van der Waals surface area contributed by atoms with Crippen LogP contribution in [0.25, 0.3) is 21.2 Å². The van der Waals surface area contributed by atoms with Crippen molar-refractivity contribution in [3.63, 3.8) is 0 Å². The lowest BCUT2D eigenvalue weighted by molar-refractivity contribution is -0.115. The van der Waals surface area contributed by atoms with Gasteiger partial charge in [0, 0.05) is 37.1 Å². The summed E-state index contributed by atoms with van der Waals surface area (Å²) in [6.07, 6.45) is 0.0962. The standard InChI is InChI=1S/C24H25N5O3S/c1-14-10-15(2)22-17(11-14)19(27-32-22)13-21(30)26-24-25-18-5-4-16(12-20(18)33-24)23(31)29-8-6-28(3)7-9-29/h4-5,10-12H,6-9,13H2,1-3H3,(H,25,26,30). The molecule has 0 unspecified atom stereocenters. The molecule has 0 radical (unpaired) electrons. The summed E-state index contributed by atoms with van der Waals surface area (Å²) in [4.78, 5) is 34.2. The maximum Gasteiger partial charge on any atom is 0.253 e. The molecular weight excluding hydrogens is 438 g/mol. The van der Waals surface area contributed by atoms with E-state index < -0.39 is 0 Å². The molecule has 4 aromatic rings. The van der Waals surface area contributed by atoms with Gasteiger partial charge in [-0.05, 0) is 56.3 Å². The van der Waals surface area contributed by atoms with Crippen molar-refractivity contribution < 1.29 is 14.1 Å². The molecule has 8 nitrogen and oxygen atoms in total. The fourth-order valence-corrected chi connectivity index (χ4v) is 5.11. The van der Waals surface area contributed by atoms with Crippen LogP contribution < -0.4 is 5.32 Å². The summed E-state index contributed by atoms with van der Waals surface area (Å²) in [7, 11) is 2.06. The molecule has 2 aromatic carbocycles. The minimum absolute atomic E-state index is 0.0347. The summed E-state index contributed by atoms with van der Waals surface area (Å²) < 4.78 is 6.31. The van der Waals surface area contributed by atoms with Crippen molar-refractivity contribution in [2.24, 2.45) is 0 Å². The first kappa shape index (κ1) is 21.5. The molecule has 0 spiro atoms. The molecule has 5 rings (SSSR count). The highest BCUT2D eigenvalue weighted by Gasteiger charge is 2.21. The molecule has 1 fully saturated rings. The van der Waals surface area contributed by atoms with E-state index in [2.05, 4.69) is 27.4 Å². The van der Waals surface area contributed by atoms with Gasteiger partial charge in [-0.2, -0.15) is 0 Å². The number of benzene rings is 2. The molecule has 3 heterocycles. The van der Waals surface area contributed by atoms with Crippen LogP contribution in [0.5, 0.6) is 0 Å². The Labute approximate surface area is 195 Å². The second kappa shape index (κ2) is 8.57. The second-order valence-electron chi connectivity index (χ2n) is 8.61. The van der Waals surface area contributed by atoms with Crippen LogP contribution in [0.15, 0.2) is 34.9 Å². The molecule has 0 bridgehead atoms. The van der Waals surface area contributed by atoms with Crippen LogP contribution in [-0.4, -0.2) is 65.0 Å². The third-order valence-electron chi connectivity index (χ3n) is 5.98. The van der Waals surface area contributed by atoms with Crippen LogP contribution in [0.4, 0.5) is 5.13 Å². The fourth-order valence-electron chi connectivity index (χ4n) is 4.19. The number of aryl methyl sites for hydroxylation is 2. The molecule has 1 saturated heterocycles. The summed E-state index contributed by atoms with van der Waals surface area (Å²) in [5.74, 6) is -0.176. The highest BCUT2D eigenvalue weighted by Crippen LogP contribution is 2.28. The van der Waals surface area contributed by atoms with Crippen LogP contribution in [0.2, 0.25) is 0 Å². The number of anilines is 1. The van der Waals surface area contributed by atoms with Crippen LogP contribution >= 0.6 is 11.3 Å². The van der Waals surface area contributed by atoms with Crippen LogP contribution in [0.3, 0.4) is 0 Å². The molecular formula is C24H25N5O3S. The average Bonchev–Trinajstić information content (AvgIpc) is 3.36. The summed E-state index contributed by atoms with van der Waals surface area (Å²) in [5.41, 5.74) is 4.81. The van der Waals surface area contributed by atoms with Crippen molar-refractivity contribution >= 4 is 49.5 Å². The van der Waals surface area contributed by atoms with E-state index in [-0.39, 0.29) is 18.2 Å². The first-order valence-electron chi connectivity index (χ1n) is 10.9. The zero-order chi connectivity index (χ0) is 23.1. The highest BCUT2D eigenvalue weighted by atomic mass is 32.1. The second-order valence-corrected chi connectivity index (χ2v) is 9.64. The molecule has 2 aromatic heterocycles. The van der Waals surface area contributed by atoms with Crippen molar-refractivity contribution in [2.45, 2.75) is 20.3 Å². The van der Waals surface area contributed by atoms with Crippen molar-refractivity contribution in [2.75, 3.05) is 38.5 Å². The minimum atomic E-state index is -0.211. The van der Waals surface area contributed by atoms with Gasteiger partial charge in [-0.1, -0.05) is 22.6 Å². The Morgan fingerprint density at radius 1 is 1.12 bits per heavy atom. The summed E-state index contributed by atoms with van der Waals surface area (Å²) in [5, 5.41) is 8.33. The predicted molar refractivity (Wildman–Crippen MR) is 129 cm³/mol. The van der Waals surface area contributed by atoms with E-state index in [4.69, 9.17) is 4.52 Å². The lowest BCUT2D eigenvalue weighted by atomic mass is 10.1. The number of nitrogens with zero attached hydrogens (tertiary/aromatic N) is 4. The molecule has 170 valence electrons. The number of fused-ring (bicyclic) bond motifs is 2. The Hall–Kier alpha value is -3.30. The Balaban J connectivity index is 1.30. The number of thiazole rings is 1. The van der Waals surface area contributed by atoms with Gasteiger partial charge in [0.05, 0.1) is 16.6 Å². The molecule has 1 N–H and O–H groups in total. The Bertz CT molecular complexity index is 1370. The number of hydrogen-bond acceptors (Lipinski definition) is 7. The number of carbonyl (C=O) groups excluding carboxylic acids is 2. The van der Waals surface area contributed by atoms with Gasteiger partial charge >= 0.3 is 0 Å². The van der Waals surface area contributed by atoms with Crippen molar-refractivity contribution in [3.05, 3.63) is 52.7 Å². The number of aromatic nitrogens is 2. The van der Waals surface area contributed by atoms with E-state index in [0.717, 1.165) is 52.9 Å². The molecule has 1 aliphatic heterocycles. The number of likely N-dealkylation sites (N-methyl/N-ethyl adjacent to an activating group) is 1. The van der Waals surface area contributed by atoms with Crippen molar-refractivity contribution in [1.29, 1.82) is 0 Å². The number of carbonyl (C=O) groups is 2. The third-order valence-corrected chi connectivity index (χ3v) is 6.91. The van der Waals surface area contributed by atoms with Gasteiger partial charge in [0.2, 0.25) is 5.91 Å². The van der Waals surface area contributed by atoms with Crippen LogP contribution in [-0.2, 0) is 11.2 Å². The molecule has 0 aliphatic carbocycles. The maximum atomic E-state index is 12.9. The SMILES string of the molecule is Cc1cc(C)c2onc(CC(=O)Nc3nc4ccc(C(=O)N5CCN(C)CC5)cc4s3)c2c1. The number of piperazine rings is 1. The van der Waals surface area contributed by atoms with Crippen molar-refractivity contribution in [1.82, 2.24) is 19.9 Å².